The number of nitro benzene ring substituents is 1. The molecule has 7 nitrogen and oxygen atoms in total. The summed E-state index contributed by atoms with van der Waals surface area (Å²) in [6.07, 6.45) is 3.29. The molecule has 0 bridgehead atoms. The molecule has 0 aliphatic heterocycles. The highest BCUT2D eigenvalue weighted by Crippen LogP contribution is 2.38. The average molecular weight is 363 g/mol. The quantitative estimate of drug-likeness (QED) is 0.453. The number of benzene rings is 1. The topological polar surface area (TPSA) is 95.7 Å². The number of nitro groups is 1. The molecule has 1 aromatic carbocycles. The van der Waals surface area contributed by atoms with Crippen LogP contribution in [0.3, 0.4) is 0 Å². The third-order valence-corrected chi connectivity index (χ3v) is 4.96. The van der Waals surface area contributed by atoms with Crippen molar-refractivity contribution in [1.82, 2.24) is 0 Å². The van der Waals surface area contributed by atoms with Crippen molar-refractivity contribution < 1.29 is 24.0 Å². The van der Waals surface area contributed by atoms with Crippen molar-refractivity contribution in [3.63, 3.8) is 0 Å². The van der Waals surface area contributed by atoms with Gasteiger partial charge in [-0.05, 0) is 43.1 Å². The predicted octanol–water partition coefficient (Wildman–Crippen LogP) is 4.14. The lowest BCUT2D eigenvalue weighted by atomic mass is 9.72. The number of esters is 2. The van der Waals surface area contributed by atoms with Crippen LogP contribution in [0.25, 0.3) is 0 Å². The molecule has 0 unspecified atom stereocenters. The van der Waals surface area contributed by atoms with Crippen molar-refractivity contribution in [3.05, 3.63) is 39.4 Å². The summed E-state index contributed by atoms with van der Waals surface area (Å²) >= 11 is 0. The highest BCUT2D eigenvalue weighted by molar-refractivity contribution is 5.96. The Morgan fingerprint density at radius 1 is 1.04 bits per heavy atom. The first kappa shape index (κ1) is 19.9. The number of hydrogen-bond acceptors (Lipinski definition) is 6. The van der Waals surface area contributed by atoms with Gasteiger partial charge in [-0.3, -0.25) is 10.1 Å². The number of carbonyl (C=O) groups is 2. The summed E-state index contributed by atoms with van der Waals surface area (Å²) in [4.78, 5) is 34.5. The van der Waals surface area contributed by atoms with E-state index in [2.05, 4.69) is 25.5 Å². The van der Waals surface area contributed by atoms with Crippen LogP contribution in [0.5, 0.6) is 0 Å². The first-order valence-corrected chi connectivity index (χ1v) is 8.70. The van der Waals surface area contributed by atoms with Crippen LogP contribution in [-0.2, 0) is 9.47 Å². The zero-order valence-corrected chi connectivity index (χ0v) is 15.6. The minimum atomic E-state index is -0.742. The highest BCUT2D eigenvalue weighted by Gasteiger charge is 2.31. The fourth-order valence-corrected chi connectivity index (χ4v) is 3.34. The maximum Gasteiger partial charge on any atom is 0.338 e. The van der Waals surface area contributed by atoms with E-state index in [1.165, 1.54) is 13.2 Å². The predicted molar refractivity (Wildman–Crippen MR) is 95.1 cm³/mol. The molecule has 2 rings (SSSR count). The van der Waals surface area contributed by atoms with Crippen LogP contribution in [0.15, 0.2) is 18.2 Å². The minimum Gasteiger partial charge on any atom is -0.465 e. The molecule has 0 atom stereocenters. The number of rotatable bonds is 4. The highest BCUT2D eigenvalue weighted by atomic mass is 16.6. The van der Waals surface area contributed by atoms with Crippen LogP contribution in [0.1, 0.15) is 67.2 Å². The van der Waals surface area contributed by atoms with Crippen molar-refractivity contribution in [2.75, 3.05) is 7.11 Å². The molecule has 0 heterocycles. The van der Waals surface area contributed by atoms with Gasteiger partial charge < -0.3 is 9.47 Å². The van der Waals surface area contributed by atoms with Gasteiger partial charge in [-0.25, -0.2) is 9.59 Å². The van der Waals surface area contributed by atoms with Crippen molar-refractivity contribution in [3.8, 4) is 0 Å². The molecule has 1 aliphatic rings. The summed E-state index contributed by atoms with van der Waals surface area (Å²) in [5.41, 5.74) is -0.191. The van der Waals surface area contributed by atoms with Gasteiger partial charge in [-0.1, -0.05) is 20.8 Å². The minimum absolute atomic E-state index is 0.0162. The molecule has 1 aliphatic carbocycles. The molecule has 0 aromatic heterocycles. The maximum atomic E-state index is 12.4. The summed E-state index contributed by atoms with van der Waals surface area (Å²) in [7, 11) is 1.17. The first-order chi connectivity index (χ1) is 12.1. The SMILES string of the molecule is COC(=O)c1cc(C(=O)OC2CCC(C(C)(C)C)CC2)cc([N+](=O)[O-])c1. The number of ether oxygens (including phenoxy) is 2. The van der Waals surface area contributed by atoms with Gasteiger partial charge in [0.2, 0.25) is 0 Å². The third kappa shape index (κ3) is 4.80. The monoisotopic (exact) mass is 363 g/mol. The summed E-state index contributed by atoms with van der Waals surface area (Å²) in [5.74, 6) is -0.812. The Bertz CT molecular complexity index is 698. The lowest BCUT2D eigenvalue weighted by Gasteiger charge is -2.36. The molecule has 0 spiro atoms. The van der Waals surface area contributed by atoms with Crippen LogP contribution in [0.4, 0.5) is 5.69 Å². The molecular weight excluding hydrogens is 338 g/mol. The van der Waals surface area contributed by atoms with Crippen molar-refractivity contribution in [2.24, 2.45) is 11.3 Å². The van der Waals surface area contributed by atoms with Gasteiger partial charge in [0.25, 0.3) is 5.69 Å². The number of non-ortho nitro benzene ring substituents is 1. The second-order valence-corrected chi connectivity index (χ2v) is 7.76. The fraction of sp³-hybridized carbons (Fsp3) is 0.579. The van der Waals surface area contributed by atoms with Crippen LogP contribution in [-0.4, -0.2) is 30.1 Å². The molecular formula is C19H25NO6. The zero-order valence-electron chi connectivity index (χ0n) is 15.6. The Hall–Kier alpha value is -2.44. The largest absolute Gasteiger partial charge is 0.465 e. The number of hydrogen-bond donors (Lipinski definition) is 0. The molecule has 0 N–H and O–H groups in total. The van der Waals surface area contributed by atoms with E-state index in [-0.39, 0.29) is 28.3 Å². The van der Waals surface area contributed by atoms with Gasteiger partial charge in [0.05, 0.1) is 23.2 Å². The molecule has 1 aromatic rings. The normalized spacial score (nSPS) is 20.3. The number of nitrogens with zero attached hydrogens (tertiary/aromatic N) is 1. The second kappa shape index (κ2) is 7.85. The van der Waals surface area contributed by atoms with Crippen LogP contribution >= 0.6 is 0 Å². The number of methoxy groups -OCH3 is 1. The molecule has 0 amide bonds. The Morgan fingerprint density at radius 2 is 1.58 bits per heavy atom. The second-order valence-electron chi connectivity index (χ2n) is 7.76. The standard InChI is InChI=1S/C19H25NO6/c1-19(2,3)14-5-7-16(8-6-14)26-18(22)13-9-12(17(21)25-4)10-15(11-13)20(23)24/h9-11,14,16H,5-8H2,1-4H3. The van der Waals surface area contributed by atoms with E-state index >= 15 is 0 Å². The summed E-state index contributed by atoms with van der Waals surface area (Å²) in [6, 6.07) is 3.47. The lowest BCUT2D eigenvalue weighted by molar-refractivity contribution is -0.384. The third-order valence-electron chi connectivity index (χ3n) is 4.96. The summed E-state index contributed by atoms with van der Waals surface area (Å²) < 4.78 is 10.1. The van der Waals surface area contributed by atoms with E-state index < -0.39 is 16.9 Å². The zero-order chi connectivity index (χ0) is 19.5. The van der Waals surface area contributed by atoms with Crippen LogP contribution < -0.4 is 0 Å². The fourth-order valence-electron chi connectivity index (χ4n) is 3.34. The Labute approximate surface area is 152 Å². The van der Waals surface area contributed by atoms with E-state index in [1.807, 2.05) is 0 Å². The first-order valence-electron chi connectivity index (χ1n) is 8.70. The van der Waals surface area contributed by atoms with Crippen molar-refractivity contribution in [2.45, 2.75) is 52.6 Å². The average Bonchev–Trinajstić information content (AvgIpc) is 2.60. The molecule has 1 fully saturated rings. The molecule has 7 heteroatoms. The smallest absolute Gasteiger partial charge is 0.338 e. The van der Waals surface area contributed by atoms with E-state index in [4.69, 9.17) is 4.74 Å². The molecule has 26 heavy (non-hydrogen) atoms. The van der Waals surface area contributed by atoms with Crippen molar-refractivity contribution >= 4 is 17.6 Å². The Kier molecular flexibility index (Phi) is 6.00. The Balaban J connectivity index is 2.11. The van der Waals surface area contributed by atoms with Crippen LogP contribution in [0, 0.1) is 21.4 Å². The van der Waals surface area contributed by atoms with Gasteiger partial charge in [0.15, 0.2) is 0 Å². The molecule has 0 radical (unpaired) electrons. The van der Waals surface area contributed by atoms with Gasteiger partial charge in [0, 0.05) is 12.1 Å². The Morgan fingerprint density at radius 3 is 2.04 bits per heavy atom. The van der Waals surface area contributed by atoms with Crippen LogP contribution in [0.2, 0.25) is 0 Å². The van der Waals surface area contributed by atoms with Gasteiger partial charge >= 0.3 is 11.9 Å². The van der Waals surface area contributed by atoms with Gasteiger partial charge in [0.1, 0.15) is 6.10 Å². The number of carbonyl (C=O) groups excluding carboxylic acids is 2. The van der Waals surface area contributed by atoms with Gasteiger partial charge in [-0.15, -0.1) is 0 Å². The van der Waals surface area contributed by atoms with Crippen molar-refractivity contribution in [1.29, 1.82) is 0 Å². The van der Waals surface area contributed by atoms with E-state index in [9.17, 15) is 19.7 Å². The molecule has 0 saturated heterocycles. The van der Waals surface area contributed by atoms with Gasteiger partial charge in [-0.2, -0.15) is 0 Å². The van der Waals surface area contributed by atoms with E-state index in [0.29, 0.717) is 5.92 Å². The lowest BCUT2D eigenvalue weighted by Crippen LogP contribution is -2.30. The molecule has 142 valence electrons. The van der Waals surface area contributed by atoms with E-state index in [1.54, 1.807) is 0 Å². The van der Waals surface area contributed by atoms with E-state index in [0.717, 1.165) is 37.8 Å². The molecule has 1 saturated carbocycles. The summed E-state index contributed by atoms with van der Waals surface area (Å²) in [5, 5.41) is 11.1. The summed E-state index contributed by atoms with van der Waals surface area (Å²) in [6.45, 7) is 6.63. The maximum absolute atomic E-state index is 12.4.